The van der Waals surface area contributed by atoms with Gasteiger partial charge in [0.05, 0.1) is 10.6 Å². The van der Waals surface area contributed by atoms with Gasteiger partial charge in [-0.3, -0.25) is 9.69 Å². The number of anilines is 1. The van der Waals surface area contributed by atoms with E-state index in [1.807, 2.05) is 29.9 Å². The first-order valence-corrected chi connectivity index (χ1v) is 7.44. The van der Waals surface area contributed by atoms with Crippen LogP contribution in [0.15, 0.2) is 47.5 Å². The van der Waals surface area contributed by atoms with Crippen molar-refractivity contribution < 1.29 is 9.18 Å². The van der Waals surface area contributed by atoms with Crippen LogP contribution in [0.25, 0.3) is 6.08 Å². The number of benzene rings is 1. The molecule has 0 bridgehead atoms. The van der Waals surface area contributed by atoms with Crippen LogP contribution in [0.3, 0.4) is 0 Å². The van der Waals surface area contributed by atoms with Gasteiger partial charge in [0.15, 0.2) is 4.32 Å². The first-order chi connectivity index (χ1) is 10.1. The number of amides is 1. The molecule has 1 fully saturated rings. The van der Waals surface area contributed by atoms with Crippen LogP contribution in [-0.2, 0) is 11.8 Å². The number of thioether (sulfide) groups is 1. The molecule has 1 saturated heterocycles. The summed E-state index contributed by atoms with van der Waals surface area (Å²) in [5.74, 6) is -0.759. The average Bonchev–Trinajstić information content (AvgIpc) is 2.97. The van der Waals surface area contributed by atoms with Gasteiger partial charge in [-0.15, -0.1) is 0 Å². The SMILES string of the molecule is Cn1cccc1/C=C1/SC(=S)N(c2ccccc2F)C1=O. The first-order valence-electron chi connectivity index (χ1n) is 6.22. The highest BCUT2D eigenvalue weighted by Gasteiger charge is 2.34. The van der Waals surface area contributed by atoms with Crippen molar-refractivity contribution in [1.82, 2.24) is 4.57 Å². The maximum absolute atomic E-state index is 13.9. The number of thiocarbonyl (C=S) groups is 1. The normalized spacial score (nSPS) is 17.0. The molecule has 21 heavy (non-hydrogen) atoms. The lowest BCUT2D eigenvalue weighted by Crippen LogP contribution is -2.28. The van der Waals surface area contributed by atoms with E-state index in [0.29, 0.717) is 9.23 Å². The number of nitrogens with zero attached hydrogens (tertiary/aromatic N) is 2. The maximum Gasteiger partial charge on any atom is 0.270 e. The fourth-order valence-corrected chi connectivity index (χ4v) is 3.34. The van der Waals surface area contributed by atoms with Crippen LogP contribution in [-0.4, -0.2) is 14.8 Å². The smallest absolute Gasteiger partial charge is 0.270 e. The summed E-state index contributed by atoms with van der Waals surface area (Å²) in [5.41, 5.74) is 1.08. The summed E-state index contributed by atoms with van der Waals surface area (Å²) >= 11 is 6.40. The molecule has 0 atom stereocenters. The zero-order valence-corrected chi connectivity index (χ0v) is 12.7. The van der Waals surface area contributed by atoms with Gasteiger partial charge in [-0.2, -0.15) is 0 Å². The summed E-state index contributed by atoms with van der Waals surface area (Å²) < 4.78 is 16.1. The molecule has 0 spiro atoms. The van der Waals surface area contributed by atoms with Gasteiger partial charge in [-0.1, -0.05) is 36.1 Å². The number of rotatable bonds is 2. The Morgan fingerprint density at radius 3 is 2.67 bits per heavy atom. The summed E-state index contributed by atoms with van der Waals surface area (Å²) in [6.07, 6.45) is 3.66. The predicted molar refractivity (Wildman–Crippen MR) is 87.5 cm³/mol. The summed E-state index contributed by atoms with van der Waals surface area (Å²) in [7, 11) is 1.89. The van der Waals surface area contributed by atoms with Crippen LogP contribution in [0, 0.1) is 5.82 Å². The zero-order valence-electron chi connectivity index (χ0n) is 11.1. The van der Waals surface area contributed by atoms with Gasteiger partial charge in [0.1, 0.15) is 5.82 Å². The van der Waals surface area contributed by atoms with Crippen LogP contribution in [0.4, 0.5) is 10.1 Å². The molecule has 3 rings (SSSR count). The van der Waals surface area contributed by atoms with Crippen molar-refractivity contribution in [2.24, 2.45) is 7.05 Å². The van der Waals surface area contributed by atoms with Gasteiger partial charge >= 0.3 is 0 Å². The average molecular weight is 318 g/mol. The molecule has 0 radical (unpaired) electrons. The molecule has 1 aromatic carbocycles. The summed E-state index contributed by atoms with van der Waals surface area (Å²) in [6, 6.07) is 9.91. The van der Waals surface area contributed by atoms with Crippen molar-refractivity contribution >= 4 is 46.0 Å². The van der Waals surface area contributed by atoms with Gasteiger partial charge in [-0.25, -0.2) is 4.39 Å². The van der Waals surface area contributed by atoms with Crippen molar-refractivity contribution in [3.63, 3.8) is 0 Å². The summed E-state index contributed by atoms with van der Waals surface area (Å²) in [5, 5.41) is 0. The minimum Gasteiger partial charge on any atom is -0.351 e. The summed E-state index contributed by atoms with van der Waals surface area (Å²) in [6.45, 7) is 0. The van der Waals surface area contributed by atoms with E-state index in [9.17, 15) is 9.18 Å². The Hall–Kier alpha value is -1.92. The number of hydrogen-bond donors (Lipinski definition) is 0. The third-order valence-electron chi connectivity index (χ3n) is 3.15. The van der Waals surface area contributed by atoms with Crippen LogP contribution in [0.1, 0.15) is 5.69 Å². The molecule has 0 saturated carbocycles. The molecular formula is C15H11FN2OS2. The quantitative estimate of drug-likeness (QED) is 0.625. The van der Waals surface area contributed by atoms with Crippen molar-refractivity contribution in [3.05, 3.63) is 59.0 Å². The van der Waals surface area contributed by atoms with E-state index in [2.05, 4.69) is 0 Å². The number of aromatic nitrogens is 1. The molecule has 3 nitrogen and oxygen atoms in total. The fraction of sp³-hybridized carbons (Fsp3) is 0.0667. The van der Waals surface area contributed by atoms with Crippen LogP contribution >= 0.6 is 24.0 Å². The Bertz CT molecular complexity index is 767. The minimum atomic E-state index is -0.464. The number of carbonyl (C=O) groups excluding carboxylic acids is 1. The molecule has 2 aromatic rings. The standard InChI is InChI=1S/C15H11FN2OS2/c1-17-8-4-5-10(17)9-13-14(19)18(15(20)21-13)12-7-3-2-6-11(12)16/h2-9H,1H3/b13-9+. The van der Waals surface area contributed by atoms with E-state index in [4.69, 9.17) is 12.2 Å². The van der Waals surface area contributed by atoms with E-state index in [-0.39, 0.29) is 11.6 Å². The second-order valence-electron chi connectivity index (χ2n) is 4.51. The molecule has 1 aromatic heterocycles. The number of carbonyl (C=O) groups is 1. The van der Waals surface area contributed by atoms with Crippen LogP contribution in [0.2, 0.25) is 0 Å². The molecule has 0 aliphatic carbocycles. The highest BCUT2D eigenvalue weighted by Crippen LogP contribution is 2.36. The zero-order chi connectivity index (χ0) is 15.0. The van der Waals surface area contributed by atoms with E-state index in [1.165, 1.54) is 22.7 Å². The molecule has 1 aliphatic rings. The lowest BCUT2D eigenvalue weighted by molar-refractivity contribution is -0.113. The van der Waals surface area contributed by atoms with Crippen molar-refractivity contribution in [2.75, 3.05) is 4.90 Å². The van der Waals surface area contributed by atoms with E-state index in [0.717, 1.165) is 5.69 Å². The second kappa shape index (κ2) is 5.46. The van der Waals surface area contributed by atoms with Crippen LogP contribution in [0.5, 0.6) is 0 Å². The topological polar surface area (TPSA) is 25.2 Å². The predicted octanol–water partition coefficient (Wildman–Crippen LogP) is 3.57. The highest BCUT2D eigenvalue weighted by molar-refractivity contribution is 8.27. The molecule has 106 valence electrons. The molecule has 2 heterocycles. The van der Waals surface area contributed by atoms with Crippen molar-refractivity contribution in [1.29, 1.82) is 0 Å². The van der Waals surface area contributed by atoms with Crippen molar-refractivity contribution in [2.45, 2.75) is 0 Å². The molecule has 1 aliphatic heterocycles. The third-order valence-corrected chi connectivity index (χ3v) is 4.45. The van der Waals surface area contributed by atoms with Gasteiger partial charge in [0, 0.05) is 18.9 Å². The molecule has 1 amide bonds. The number of halogens is 1. The summed E-state index contributed by atoms with van der Waals surface area (Å²) in [4.78, 5) is 14.2. The van der Waals surface area contributed by atoms with E-state index in [1.54, 1.807) is 24.3 Å². The number of aryl methyl sites for hydroxylation is 1. The third kappa shape index (κ3) is 2.52. The Labute approximate surface area is 131 Å². The highest BCUT2D eigenvalue weighted by atomic mass is 32.2. The Balaban J connectivity index is 1.99. The molecule has 6 heteroatoms. The maximum atomic E-state index is 13.9. The number of para-hydroxylation sites is 1. The largest absolute Gasteiger partial charge is 0.351 e. The lowest BCUT2D eigenvalue weighted by Gasteiger charge is -2.14. The molecule has 0 unspecified atom stereocenters. The number of hydrogen-bond acceptors (Lipinski definition) is 3. The van der Waals surface area contributed by atoms with Crippen molar-refractivity contribution in [3.8, 4) is 0 Å². The lowest BCUT2D eigenvalue weighted by atomic mass is 10.2. The van der Waals surface area contributed by atoms with Crippen LogP contribution < -0.4 is 4.90 Å². The monoisotopic (exact) mass is 318 g/mol. The first kappa shape index (κ1) is 14.0. The van der Waals surface area contributed by atoms with Gasteiger partial charge in [0.25, 0.3) is 5.91 Å². The Kier molecular flexibility index (Phi) is 3.65. The van der Waals surface area contributed by atoms with Gasteiger partial charge in [-0.05, 0) is 30.3 Å². The van der Waals surface area contributed by atoms with E-state index < -0.39 is 5.82 Å². The Morgan fingerprint density at radius 2 is 2.00 bits per heavy atom. The second-order valence-corrected chi connectivity index (χ2v) is 6.19. The molecular weight excluding hydrogens is 307 g/mol. The fourth-order valence-electron chi connectivity index (χ4n) is 2.07. The van der Waals surface area contributed by atoms with Gasteiger partial charge < -0.3 is 4.57 Å². The minimum absolute atomic E-state index is 0.190. The molecule has 0 N–H and O–H groups in total. The Morgan fingerprint density at radius 1 is 1.24 bits per heavy atom. The van der Waals surface area contributed by atoms with Gasteiger partial charge in [0.2, 0.25) is 0 Å². The van der Waals surface area contributed by atoms with E-state index >= 15 is 0 Å².